The van der Waals surface area contributed by atoms with Gasteiger partial charge in [0.25, 0.3) is 0 Å². The van der Waals surface area contributed by atoms with Crippen LogP contribution in [0.1, 0.15) is 0 Å². The summed E-state index contributed by atoms with van der Waals surface area (Å²) < 4.78 is 26.8. The normalized spacial score (nSPS) is 11.3. The molecule has 0 N–H and O–H groups in total. The van der Waals surface area contributed by atoms with Gasteiger partial charge in [-0.25, -0.2) is 8.42 Å². The van der Waals surface area contributed by atoms with Crippen molar-refractivity contribution in [2.45, 2.75) is 9.79 Å². The first-order chi connectivity index (χ1) is 13.2. The average molecular weight is 371 g/mol. The molecule has 132 valence electrons. The van der Waals surface area contributed by atoms with Crippen LogP contribution in [0.25, 0.3) is 22.3 Å². The molecule has 0 atom stereocenters. The van der Waals surface area contributed by atoms with Crippen LogP contribution in [0.2, 0.25) is 0 Å². The van der Waals surface area contributed by atoms with Crippen molar-refractivity contribution in [3.05, 3.63) is 103 Å². The van der Waals surface area contributed by atoms with Crippen LogP contribution in [0.3, 0.4) is 0 Å². The van der Waals surface area contributed by atoms with E-state index in [0.29, 0.717) is 5.56 Å². The van der Waals surface area contributed by atoms with Gasteiger partial charge in [0.05, 0.1) is 9.79 Å². The molecule has 0 spiro atoms. The lowest BCUT2D eigenvalue weighted by Crippen LogP contribution is -2.04. The van der Waals surface area contributed by atoms with Gasteiger partial charge in [0.2, 0.25) is 9.84 Å². The van der Waals surface area contributed by atoms with E-state index in [-0.39, 0.29) is 9.79 Å². The van der Waals surface area contributed by atoms with Crippen LogP contribution in [0.4, 0.5) is 0 Å². The highest BCUT2D eigenvalue weighted by atomic mass is 32.2. The van der Waals surface area contributed by atoms with E-state index in [9.17, 15) is 8.42 Å². The lowest BCUT2D eigenvalue weighted by Gasteiger charge is -2.13. The number of hydrogen-bond donors (Lipinski definition) is 0. The molecule has 4 rings (SSSR count). The smallest absolute Gasteiger partial charge is 0.207 e. The number of sulfone groups is 1. The van der Waals surface area contributed by atoms with E-state index >= 15 is 0 Å². The molecular formula is C23H17NO2S. The van der Waals surface area contributed by atoms with Crippen molar-refractivity contribution in [2.24, 2.45) is 0 Å². The van der Waals surface area contributed by atoms with Gasteiger partial charge in [-0.3, -0.25) is 4.98 Å². The van der Waals surface area contributed by atoms with Gasteiger partial charge in [0, 0.05) is 23.5 Å². The molecule has 4 heteroatoms. The van der Waals surface area contributed by atoms with Gasteiger partial charge >= 0.3 is 0 Å². The maximum absolute atomic E-state index is 13.4. The summed E-state index contributed by atoms with van der Waals surface area (Å²) in [5.41, 5.74) is 3.25. The van der Waals surface area contributed by atoms with E-state index in [0.717, 1.165) is 16.7 Å². The van der Waals surface area contributed by atoms with Crippen molar-refractivity contribution in [2.75, 3.05) is 0 Å². The largest absolute Gasteiger partial charge is 0.264 e. The number of rotatable bonds is 4. The zero-order valence-corrected chi connectivity index (χ0v) is 15.3. The summed E-state index contributed by atoms with van der Waals surface area (Å²) in [5.74, 6) is 0. The highest BCUT2D eigenvalue weighted by molar-refractivity contribution is 7.91. The summed E-state index contributed by atoms with van der Waals surface area (Å²) >= 11 is 0. The second-order valence-corrected chi connectivity index (χ2v) is 8.05. The van der Waals surface area contributed by atoms with Crippen LogP contribution in [0.15, 0.2) is 113 Å². The molecule has 4 aromatic rings. The molecule has 1 heterocycles. The molecule has 1 aromatic heterocycles. The van der Waals surface area contributed by atoms with Gasteiger partial charge < -0.3 is 0 Å². The molecular weight excluding hydrogens is 354 g/mol. The maximum atomic E-state index is 13.4. The Hall–Kier alpha value is -3.24. The monoisotopic (exact) mass is 371 g/mol. The average Bonchev–Trinajstić information content (AvgIpc) is 2.75. The first-order valence-electron chi connectivity index (χ1n) is 8.56. The van der Waals surface area contributed by atoms with Gasteiger partial charge in [-0.15, -0.1) is 0 Å². The van der Waals surface area contributed by atoms with Gasteiger partial charge in [0.15, 0.2) is 0 Å². The van der Waals surface area contributed by atoms with Crippen LogP contribution < -0.4 is 0 Å². The molecule has 0 radical (unpaired) electrons. The quantitative estimate of drug-likeness (QED) is 0.492. The number of aromatic nitrogens is 1. The first-order valence-corrected chi connectivity index (χ1v) is 10.0. The van der Waals surface area contributed by atoms with Gasteiger partial charge in [0.1, 0.15) is 0 Å². The van der Waals surface area contributed by atoms with Crippen molar-refractivity contribution in [1.82, 2.24) is 4.98 Å². The Morgan fingerprint density at radius 2 is 1.30 bits per heavy atom. The second kappa shape index (κ2) is 7.17. The highest BCUT2D eigenvalue weighted by Crippen LogP contribution is 2.34. The summed E-state index contributed by atoms with van der Waals surface area (Å²) in [4.78, 5) is 4.70. The molecule has 0 saturated carbocycles. The standard InChI is InChI=1S/C23H17NO2S/c25-27(26,21-11-5-2-6-12-21)23-16-19(18-8-3-1-4-9-18)13-14-22(23)20-10-7-15-24-17-20/h1-17H. The van der Waals surface area contributed by atoms with E-state index < -0.39 is 9.84 Å². The molecule has 3 nitrogen and oxygen atoms in total. The molecule has 0 saturated heterocycles. The maximum Gasteiger partial charge on any atom is 0.207 e. The molecule has 0 bridgehead atoms. The number of pyridine rings is 1. The van der Waals surface area contributed by atoms with Crippen molar-refractivity contribution >= 4 is 9.84 Å². The summed E-state index contributed by atoms with van der Waals surface area (Å²) in [5, 5.41) is 0. The Kier molecular flexibility index (Phi) is 4.57. The summed E-state index contributed by atoms with van der Waals surface area (Å²) in [6.07, 6.45) is 3.36. The highest BCUT2D eigenvalue weighted by Gasteiger charge is 2.22. The van der Waals surface area contributed by atoms with Crippen molar-refractivity contribution in [1.29, 1.82) is 0 Å². The second-order valence-electron chi connectivity index (χ2n) is 6.14. The van der Waals surface area contributed by atoms with Crippen molar-refractivity contribution in [3.63, 3.8) is 0 Å². The molecule has 0 aliphatic rings. The number of hydrogen-bond acceptors (Lipinski definition) is 3. The third-order valence-corrected chi connectivity index (χ3v) is 6.21. The minimum atomic E-state index is -3.68. The lowest BCUT2D eigenvalue weighted by molar-refractivity contribution is 0.596. The van der Waals surface area contributed by atoms with Crippen LogP contribution in [0, 0.1) is 0 Å². The number of nitrogens with zero attached hydrogens (tertiary/aromatic N) is 1. The van der Waals surface area contributed by atoms with E-state index in [1.807, 2.05) is 48.5 Å². The van der Waals surface area contributed by atoms with E-state index in [2.05, 4.69) is 4.98 Å². The molecule has 0 amide bonds. The Balaban J connectivity index is 1.96. The van der Waals surface area contributed by atoms with Gasteiger partial charge in [-0.05, 0) is 35.4 Å². The van der Waals surface area contributed by atoms with Crippen LogP contribution in [0.5, 0.6) is 0 Å². The van der Waals surface area contributed by atoms with Crippen molar-refractivity contribution in [3.8, 4) is 22.3 Å². The van der Waals surface area contributed by atoms with E-state index in [1.165, 1.54) is 0 Å². The summed E-state index contributed by atoms with van der Waals surface area (Å²) in [6.45, 7) is 0. The topological polar surface area (TPSA) is 47.0 Å². The molecule has 0 aliphatic heterocycles. The minimum Gasteiger partial charge on any atom is -0.264 e. The zero-order valence-electron chi connectivity index (χ0n) is 14.5. The lowest BCUT2D eigenvalue weighted by atomic mass is 10.0. The third kappa shape index (κ3) is 3.39. The van der Waals surface area contributed by atoms with E-state index in [1.54, 1.807) is 54.9 Å². The minimum absolute atomic E-state index is 0.278. The first kappa shape index (κ1) is 17.2. The third-order valence-electron chi connectivity index (χ3n) is 4.40. The molecule has 0 fully saturated rings. The van der Waals surface area contributed by atoms with Crippen LogP contribution in [-0.2, 0) is 9.84 Å². The predicted octanol–water partition coefficient (Wildman–Crippen LogP) is 5.25. The fraction of sp³-hybridized carbons (Fsp3) is 0. The Bertz CT molecular complexity index is 1160. The Morgan fingerprint density at radius 3 is 1.96 bits per heavy atom. The molecule has 27 heavy (non-hydrogen) atoms. The Labute approximate surface area is 158 Å². The fourth-order valence-electron chi connectivity index (χ4n) is 3.04. The Morgan fingerprint density at radius 1 is 0.630 bits per heavy atom. The zero-order chi connectivity index (χ0) is 18.7. The summed E-state index contributed by atoms with van der Waals surface area (Å²) in [6, 6.07) is 27.5. The number of benzene rings is 3. The van der Waals surface area contributed by atoms with E-state index in [4.69, 9.17) is 0 Å². The molecule has 3 aromatic carbocycles. The molecule has 0 aliphatic carbocycles. The fourth-order valence-corrected chi connectivity index (χ4v) is 4.57. The SMILES string of the molecule is O=S(=O)(c1ccccc1)c1cc(-c2ccccc2)ccc1-c1cccnc1. The van der Waals surface area contributed by atoms with Crippen molar-refractivity contribution < 1.29 is 8.42 Å². The predicted molar refractivity (Wildman–Crippen MR) is 107 cm³/mol. The van der Waals surface area contributed by atoms with Crippen LogP contribution in [-0.4, -0.2) is 13.4 Å². The molecule has 0 unspecified atom stereocenters. The summed E-state index contributed by atoms with van der Waals surface area (Å²) in [7, 11) is -3.68. The van der Waals surface area contributed by atoms with Crippen LogP contribution >= 0.6 is 0 Å². The van der Waals surface area contributed by atoms with Gasteiger partial charge in [-0.1, -0.05) is 66.7 Å². The van der Waals surface area contributed by atoms with Gasteiger partial charge in [-0.2, -0.15) is 0 Å².